The maximum absolute atomic E-state index is 12.1. The predicted molar refractivity (Wildman–Crippen MR) is 88.3 cm³/mol. The molecule has 0 bridgehead atoms. The maximum Gasteiger partial charge on any atom is 0.169 e. The summed E-state index contributed by atoms with van der Waals surface area (Å²) < 4.78 is 5.26. The van der Waals surface area contributed by atoms with Gasteiger partial charge in [0.2, 0.25) is 0 Å². The van der Waals surface area contributed by atoms with Gasteiger partial charge in [-0.1, -0.05) is 23.7 Å². The van der Waals surface area contributed by atoms with Crippen LogP contribution in [-0.2, 0) is 9.53 Å². The van der Waals surface area contributed by atoms with Crippen molar-refractivity contribution >= 4 is 23.0 Å². The number of halogens is 1. The van der Waals surface area contributed by atoms with Crippen LogP contribution in [0.15, 0.2) is 53.4 Å². The van der Waals surface area contributed by atoms with Crippen molar-refractivity contribution < 1.29 is 9.53 Å². The number of methoxy groups -OCH3 is 1. The highest BCUT2D eigenvalue weighted by Gasteiger charge is 2.32. The molecule has 0 spiro atoms. The van der Waals surface area contributed by atoms with Crippen molar-refractivity contribution in [3.05, 3.63) is 64.0 Å². The van der Waals surface area contributed by atoms with Gasteiger partial charge < -0.3 is 9.64 Å². The lowest BCUT2D eigenvalue weighted by Gasteiger charge is -2.31. The van der Waals surface area contributed by atoms with Crippen molar-refractivity contribution in [2.45, 2.75) is 12.5 Å². The van der Waals surface area contributed by atoms with Gasteiger partial charge in [0.05, 0.1) is 0 Å². The molecule has 0 radical (unpaired) electrons. The number of hydrogen-bond donors (Lipinski definition) is 0. The Bertz CT molecular complexity index is 797. The highest BCUT2D eigenvalue weighted by atomic mass is 35.5. The van der Waals surface area contributed by atoms with Crippen molar-refractivity contribution in [2.24, 2.45) is 0 Å². The number of benzene rings is 1. The molecule has 1 aliphatic carbocycles. The number of allylic oxidation sites excluding steroid dienone is 4. The highest BCUT2D eigenvalue weighted by molar-refractivity contribution is 6.30. The molecule has 0 saturated heterocycles. The third-order valence-corrected chi connectivity index (χ3v) is 4.30. The number of rotatable bonds is 2. The number of nitriles is 1. The second kappa shape index (κ2) is 6.04. The fourth-order valence-electron chi connectivity index (χ4n) is 2.94. The molecule has 1 aromatic carbocycles. The van der Waals surface area contributed by atoms with E-state index in [0.29, 0.717) is 17.1 Å². The van der Waals surface area contributed by atoms with Crippen molar-refractivity contribution in [1.82, 2.24) is 4.90 Å². The average Bonchev–Trinajstić information content (AvgIpc) is 2.54. The summed E-state index contributed by atoms with van der Waals surface area (Å²) in [4.78, 5) is 13.9. The summed E-state index contributed by atoms with van der Waals surface area (Å²) in [6.07, 6.45) is 3.36. The quantitative estimate of drug-likeness (QED) is 0.836. The summed E-state index contributed by atoms with van der Waals surface area (Å²) in [5.74, 6) is 0.0202. The molecule has 0 N–H and O–H groups in total. The Balaban J connectivity index is 2.21. The summed E-state index contributed by atoms with van der Waals surface area (Å²) in [5.41, 5.74) is 4.01. The second-order valence-electron chi connectivity index (χ2n) is 5.49. The number of ketones is 1. The molecule has 5 heteroatoms. The van der Waals surface area contributed by atoms with Crippen molar-refractivity contribution in [3.8, 4) is 6.07 Å². The molecular formula is C18H15ClN2O2. The lowest BCUT2D eigenvalue weighted by atomic mass is 9.81. The number of ether oxygens (including phenoxy) is 1. The van der Waals surface area contributed by atoms with Gasteiger partial charge in [-0.25, -0.2) is 0 Å². The van der Waals surface area contributed by atoms with Crippen LogP contribution in [0.4, 0.5) is 0 Å². The van der Waals surface area contributed by atoms with Crippen LogP contribution < -0.4 is 0 Å². The molecule has 0 saturated carbocycles. The number of carbonyl (C=O) groups excluding carboxylic acids is 1. The van der Waals surface area contributed by atoms with Gasteiger partial charge in [0.1, 0.15) is 17.9 Å². The Morgan fingerprint density at radius 3 is 2.65 bits per heavy atom. The Hall–Kier alpha value is -2.35. The van der Waals surface area contributed by atoms with Crippen molar-refractivity contribution in [3.63, 3.8) is 0 Å². The molecule has 2 aliphatic rings. The van der Waals surface area contributed by atoms with Gasteiger partial charge in [-0.05, 0) is 34.9 Å². The molecular weight excluding hydrogens is 312 g/mol. The summed E-state index contributed by atoms with van der Waals surface area (Å²) >= 11 is 5.97. The third kappa shape index (κ3) is 2.70. The highest BCUT2D eigenvalue weighted by Crippen LogP contribution is 2.40. The van der Waals surface area contributed by atoms with E-state index in [-0.39, 0.29) is 5.78 Å². The summed E-state index contributed by atoms with van der Waals surface area (Å²) in [5, 5.41) is 10.2. The molecule has 0 fully saturated rings. The van der Waals surface area contributed by atoms with E-state index in [0.717, 1.165) is 22.3 Å². The van der Waals surface area contributed by atoms with E-state index in [9.17, 15) is 10.1 Å². The summed E-state index contributed by atoms with van der Waals surface area (Å²) in [6.45, 7) is 0. The zero-order valence-electron chi connectivity index (χ0n) is 12.8. The number of Topliss-reactive ketones (excluding diaryl/α,β-unsaturated/α-hetero) is 1. The van der Waals surface area contributed by atoms with Gasteiger partial charge >= 0.3 is 0 Å². The average molecular weight is 327 g/mol. The van der Waals surface area contributed by atoms with Gasteiger partial charge in [-0.2, -0.15) is 5.26 Å². The van der Waals surface area contributed by atoms with Crippen LogP contribution in [0.2, 0.25) is 5.02 Å². The van der Waals surface area contributed by atoms with Gasteiger partial charge in [0.25, 0.3) is 0 Å². The summed E-state index contributed by atoms with van der Waals surface area (Å²) in [7, 11) is 3.32. The fourth-order valence-corrected chi connectivity index (χ4v) is 3.07. The third-order valence-electron chi connectivity index (χ3n) is 4.05. The maximum atomic E-state index is 12.1. The lowest BCUT2D eigenvalue weighted by molar-refractivity contribution is -0.125. The molecule has 1 aromatic rings. The van der Waals surface area contributed by atoms with Crippen LogP contribution in [0.1, 0.15) is 12.0 Å². The van der Waals surface area contributed by atoms with Crippen LogP contribution >= 0.6 is 11.6 Å². The zero-order chi connectivity index (χ0) is 16.6. The first kappa shape index (κ1) is 15.5. The first-order chi connectivity index (χ1) is 11.0. The smallest absolute Gasteiger partial charge is 0.169 e. The van der Waals surface area contributed by atoms with Crippen LogP contribution in [0.25, 0.3) is 5.57 Å². The first-order valence-electron chi connectivity index (χ1n) is 7.17. The largest absolute Gasteiger partial charge is 0.370 e. The second-order valence-corrected chi connectivity index (χ2v) is 5.92. The molecule has 0 aromatic heterocycles. The first-order valence-corrected chi connectivity index (χ1v) is 7.55. The summed E-state index contributed by atoms with van der Waals surface area (Å²) in [6, 6.07) is 9.60. The van der Waals surface area contributed by atoms with E-state index < -0.39 is 6.10 Å². The number of nitrogens with zero attached hydrogens (tertiary/aromatic N) is 2. The van der Waals surface area contributed by atoms with Gasteiger partial charge in [0.15, 0.2) is 5.78 Å². The molecule has 1 heterocycles. The van der Waals surface area contributed by atoms with Crippen molar-refractivity contribution in [1.29, 1.82) is 5.26 Å². The predicted octanol–water partition coefficient (Wildman–Crippen LogP) is 3.32. The number of carbonyl (C=O) groups is 1. The lowest BCUT2D eigenvalue weighted by Crippen LogP contribution is -2.29. The van der Waals surface area contributed by atoms with E-state index in [4.69, 9.17) is 16.3 Å². The van der Waals surface area contributed by atoms with E-state index in [2.05, 4.69) is 6.07 Å². The minimum absolute atomic E-state index is 0.0202. The van der Waals surface area contributed by atoms with Crippen LogP contribution in [-0.4, -0.2) is 30.9 Å². The minimum atomic E-state index is -0.576. The fraction of sp³-hybridized carbons (Fsp3) is 0.222. The standard InChI is InChI=1S/C18H15ClN2O2/c1-21-10-12-7-16(22)17(23-2)8-14(12)18(15(21)9-20)11-3-5-13(19)6-4-11/h3-6,8,10,17H,7H2,1-2H3. The van der Waals surface area contributed by atoms with Crippen LogP contribution in [0, 0.1) is 11.3 Å². The SMILES string of the molecule is COC1C=C2C(=CN(C)C(C#N)=C2c2ccc(Cl)cc2)CC1=O. The Morgan fingerprint density at radius 1 is 1.35 bits per heavy atom. The number of hydrogen-bond acceptors (Lipinski definition) is 4. The Labute approximate surface area is 139 Å². The van der Waals surface area contributed by atoms with Crippen LogP contribution in [0.3, 0.4) is 0 Å². The molecule has 1 atom stereocenters. The van der Waals surface area contributed by atoms with E-state index >= 15 is 0 Å². The normalized spacial score (nSPS) is 20.7. The van der Waals surface area contributed by atoms with Gasteiger partial charge in [-0.15, -0.1) is 0 Å². The Morgan fingerprint density at radius 2 is 2.04 bits per heavy atom. The molecule has 116 valence electrons. The zero-order valence-corrected chi connectivity index (χ0v) is 13.6. The Kier molecular flexibility index (Phi) is 4.08. The van der Waals surface area contributed by atoms with Gasteiger partial charge in [-0.3, -0.25) is 4.79 Å². The molecule has 3 rings (SSSR count). The van der Waals surface area contributed by atoms with Crippen LogP contribution in [0.5, 0.6) is 0 Å². The molecule has 1 aliphatic heterocycles. The van der Waals surface area contributed by atoms with Gasteiger partial charge in [0, 0.05) is 37.4 Å². The topological polar surface area (TPSA) is 53.3 Å². The minimum Gasteiger partial charge on any atom is -0.370 e. The van der Waals surface area contributed by atoms with E-state index in [1.807, 2.05) is 25.4 Å². The molecule has 0 amide bonds. The van der Waals surface area contributed by atoms with Crippen molar-refractivity contribution in [2.75, 3.05) is 14.2 Å². The van der Waals surface area contributed by atoms with E-state index in [1.165, 1.54) is 7.11 Å². The monoisotopic (exact) mass is 326 g/mol. The van der Waals surface area contributed by atoms with E-state index in [1.54, 1.807) is 23.1 Å². The molecule has 1 unspecified atom stereocenters. The molecule has 4 nitrogen and oxygen atoms in total. The molecule has 23 heavy (non-hydrogen) atoms. The number of fused-ring (bicyclic) bond motifs is 1.